The van der Waals surface area contributed by atoms with Crippen LogP contribution < -0.4 is 0 Å². The van der Waals surface area contributed by atoms with Crippen LogP contribution in [0, 0.1) is 0 Å². The molecule has 0 radical (unpaired) electrons. The Hall–Kier alpha value is -0.530. The molecule has 0 aromatic rings. The van der Waals surface area contributed by atoms with E-state index in [-0.39, 0.29) is 0 Å². The number of hydrogen-bond donors (Lipinski definition) is 0. The van der Waals surface area contributed by atoms with E-state index in [1.54, 1.807) is 0 Å². The van der Waals surface area contributed by atoms with E-state index < -0.39 is 0 Å². The molecule has 0 saturated carbocycles. The Balaban J connectivity index is 1.79. The summed E-state index contributed by atoms with van der Waals surface area (Å²) in [6, 6.07) is 0. The Morgan fingerprint density at radius 2 is 1.44 bits per heavy atom. The van der Waals surface area contributed by atoms with E-state index in [4.69, 9.17) is 0 Å². The van der Waals surface area contributed by atoms with Crippen LogP contribution in [-0.2, 0) is 0 Å². The minimum atomic E-state index is 1.02. The van der Waals surface area contributed by atoms with Crippen LogP contribution in [-0.4, -0.2) is 30.9 Å². The molecule has 0 aromatic heterocycles. The zero-order valence-electron chi connectivity index (χ0n) is 12.6. The van der Waals surface area contributed by atoms with Crippen molar-refractivity contribution in [1.82, 2.24) is 4.90 Å². The highest BCUT2D eigenvalue weighted by molar-refractivity contribution is 5.83. The number of amidine groups is 1. The van der Waals surface area contributed by atoms with E-state index in [1.807, 2.05) is 0 Å². The van der Waals surface area contributed by atoms with Crippen molar-refractivity contribution < 1.29 is 0 Å². The van der Waals surface area contributed by atoms with Gasteiger partial charge in [0.15, 0.2) is 0 Å². The summed E-state index contributed by atoms with van der Waals surface area (Å²) < 4.78 is 0. The molecule has 1 aliphatic heterocycles. The van der Waals surface area contributed by atoms with Crippen LogP contribution in [0.25, 0.3) is 0 Å². The van der Waals surface area contributed by atoms with Gasteiger partial charge in [0.25, 0.3) is 0 Å². The predicted molar refractivity (Wildman–Crippen MR) is 81.4 cm³/mol. The molecule has 0 spiro atoms. The summed E-state index contributed by atoms with van der Waals surface area (Å²) in [5.41, 5.74) is 0. The number of rotatable bonds is 11. The normalized spacial score (nSPS) is 15.2. The van der Waals surface area contributed by atoms with Crippen LogP contribution in [0.1, 0.15) is 77.6 Å². The van der Waals surface area contributed by atoms with Gasteiger partial charge >= 0.3 is 0 Å². The molecule has 18 heavy (non-hydrogen) atoms. The fourth-order valence-electron chi connectivity index (χ4n) is 2.62. The third-order valence-corrected chi connectivity index (χ3v) is 3.92. The zero-order valence-corrected chi connectivity index (χ0v) is 12.6. The SMILES string of the molecule is CCCCCCCCCCCCC1=NCCN1C. The first kappa shape index (κ1) is 15.5. The molecule has 0 atom stereocenters. The summed E-state index contributed by atoms with van der Waals surface area (Å²) in [6.45, 7) is 4.43. The van der Waals surface area contributed by atoms with Crippen LogP contribution in [0.5, 0.6) is 0 Å². The summed E-state index contributed by atoms with van der Waals surface area (Å²) in [4.78, 5) is 6.85. The molecule has 1 rings (SSSR count). The van der Waals surface area contributed by atoms with Crippen LogP contribution in [0.3, 0.4) is 0 Å². The quantitative estimate of drug-likeness (QED) is 0.489. The molecule has 0 unspecified atom stereocenters. The Labute approximate surface area is 114 Å². The maximum atomic E-state index is 4.54. The van der Waals surface area contributed by atoms with E-state index in [0.717, 1.165) is 13.1 Å². The molecule has 0 aromatic carbocycles. The lowest BCUT2D eigenvalue weighted by molar-refractivity contribution is 0.530. The minimum absolute atomic E-state index is 1.02. The molecule has 1 aliphatic rings. The molecule has 1 heterocycles. The maximum absolute atomic E-state index is 4.54. The predicted octanol–water partition coefficient (Wildman–Crippen LogP) is 4.64. The van der Waals surface area contributed by atoms with Crippen molar-refractivity contribution in [2.24, 2.45) is 4.99 Å². The monoisotopic (exact) mass is 252 g/mol. The molecule has 0 bridgehead atoms. The second-order valence-electron chi connectivity index (χ2n) is 5.65. The van der Waals surface area contributed by atoms with Crippen LogP contribution >= 0.6 is 0 Å². The first-order chi connectivity index (χ1) is 8.84. The summed E-state index contributed by atoms with van der Waals surface area (Å²) in [7, 11) is 2.17. The van der Waals surface area contributed by atoms with Gasteiger partial charge in [-0.05, 0) is 6.42 Å². The van der Waals surface area contributed by atoms with Gasteiger partial charge in [-0.25, -0.2) is 0 Å². The highest BCUT2D eigenvalue weighted by atomic mass is 15.2. The van der Waals surface area contributed by atoms with Crippen molar-refractivity contribution in [3.63, 3.8) is 0 Å². The molecule has 2 nitrogen and oxygen atoms in total. The second kappa shape index (κ2) is 10.4. The van der Waals surface area contributed by atoms with Crippen molar-refractivity contribution in [1.29, 1.82) is 0 Å². The molecule has 0 aliphatic carbocycles. The lowest BCUT2D eigenvalue weighted by Crippen LogP contribution is -2.22. The Morgan fingerprint density at radius 3 is 1.94 bits per heavy atom. The van der Waals surface area contributed by atoms with E-state index in [9.17, 15) is 0 Å². The van der Waals surface area contributed by atoms with Gasteiger partial charge in [-0.15, -0.1) is 0 Å². The molecular weight excluding hydrogens is 220 g/mol. The van der Waals surface area contributed by atoms with Crippen LogP contribution in [0.4, 0.5) is 0 Å². The number of likely N-dealkylation sites (N-methyl/N-ethyl adjacent to an activating group) is 1. The first-order valence-corrected chi connectivity index (χ1v) is 8.09. The molecule has 0 saturated heterocycles. The van der Waals surface area contributed by atoms with Crippen molar-refractivity contribution in [2.75, 3.05) is 20.1 Å². The van der Waals surface area contributed by atoms with Crippen molar-refractivity contribution in [3.8, 4) is 0 Å². The third-order valence-electron chi connectivity index (χ3n) is 3.92. The number of hydrogen-bond acceptors (Lipinski definition) is 2. The fraction of sp³-hybridized carbons (Fsp3) is 0.938. The van der Waals surface area contributed by atoms with Crippen molar-refractivity contribution in [2.45, 2.75) is 77.6 Å². The molecule has 0 amide bonds. The summed E-state index contributed by atoms with van der Waals surface area (Å²) in [6.07, 6.45) is 15.4. The van der Waals surface area contributed by atoms with E-state index in [2.05, 4.69) is 23.9 Å². The van der Waals surface area contributed by atoms with Gasteiger partial charge in [-0.2, -0.15) is 0 Å². The van der Waals surface area contributed by atoms with Gasteiger partial charge in [0.2, 0.25) is 0 Å². The molecule has 0 N–H and O–H groups in total. The third kappa shape index (κ3) is 7.03. The van der Waals surface area contributed by atoms with Gasteiger partial charge < -0.3 is 4.90 Å². The summed E-state index contributed by atoms with van der Waals surface area (Å²) >= 11 is 0. The van der Waals surface area contributed by atoms with E-state index in [0.29, 0.717) is 0 Å². The first-order valence-electron chi connectivity index (χ1n) is 8.09. The Bertz CT molecular complexity index is 223. The van der Waals surface area contributed by atoms with E-state index >= 15 is 0 Å². The Kier molecular flexibility index (Phi) is 8.97. The van der Waals surface area contributed by atoms with Gasteiger partial charge in [0.1, 0.15) is 0 Å². The summed E-state index contributed by atoms with van der Waals surface area (Å²) in [5.74, 6) is 1.34. The number of aliphatic imine (C=N–C) groups is 1. The van der Waals surface area contributed by atoms with Crippen molar-refractivity contribution >= 4 is 5.84 Å². The second-order valence-corrected chi connectivity index (χ2v) is 5.65. The standard InChI is InChI=1S/C16H32N2/c1-3-4-5-6-7-8-9-10-11-12-13-16-17-14-15-18(16)2/h3-15H2,1-2H3. The summed E-state index contributed by atoms with van der Waals surface area (Å²) in [5, 5.41) is 0. The average molecular weight is 252 g/mol. The Morgan fingerprint density at radius 1 is 0.889 bits per heavy atom. The molecule has 2 heteroatoms. The molecular formula is C16H32N2. The molecule has 106 valence electrons. The fourth-order valence-corrected chi connectivity index (χ4v) is 2.62. The molecule has 0 fully saturated rings. The largest absolute Gasteiger partial charge is 0.362 e. The van der Waals surface area contributed by atoms with Gasteiger partial charge in [-0.3, -0.25) is 4.99 Å². The minimum Gasteiger partial charge on any atom is -0.362 e. The highest BCUT2D eigenvalue weighted by Crippen LogP contribution is 2.12. The van der Waals surface area contributed by atoms with Crippen LogP contribution in [0.2, 0.25) is 0 Å². The number of unbranched alkanes of at least 4 members (excludes halogenated alkanes) is 9. The smallest absolute Gasteiger partial charge is 0.0987 e. The van der Waals surface area contributed by atoms with E-state index in [1.165, 1.54) is 76.5 Å². The average Bonchev–Trinajstić information content (AvgIpc) is 2.77. The van der Waals surface area contributed by atoms with Gasteiger partial charge in [0.05, 0.1) is 12.4 Å². The van der Waals surface area contributed by atoms with Gasteiger partial charge in [0, 0.05) is 20.0 Å². The highest BCUT2D eigenvalue weighted by Gasteiger charge is 2.10. The lowest BCUT2D eigenvalue weighted by Gasteiger charge is -2.13. The number of nitrogens with zero attached hydrogens (tertiary/aromatic N) is 2. The van der Waals surface area contributed by atoms with Gasteiger partial charge in [-0.1, -0.05) is 64.7 Å². The van der Waals surface area contributed by atoms with Crippen LogP contribution in [0.15, 0.2) is 4.99 Å². The van der Waals surface area contributed by atoms with Crippen molar-refractivity contribution in [3.05, 3.63) is 0 Å². The zero-order chi connectivity index (χ0) is 13.1. The topological polar surface area (TPSA) is 15.6 Å². The lowest BCUT2D eigenvalue weighted by atomic mass is 10.1. The maximum Gasteiger partial charge on any atom is 0.0987 e.